The fraction of sp³-hybridized carbons (Fsp3) is 0.609. The maximum Gasteiger partial charge on any atom is 0.338 e. The van der Waals surface area contributed by atoms with Gasteiger partial charge in [-0.25, -0.2) is 14.5 Å². The number of esters is 1. The highest BCUT2D eigenvalue weighted by molar-refractivity contribution is 6.76. The van der Waals surface area contributed by atoms with Crippen LogP contribution in [0.5, 0.6) is 0 Å². The molecule has 0 fully saturated rings. The van der Waals surface area contributed by atoms with Crippen molar-refractivity contribution in [1.29, 1.82) is 0 Å². The van der Waals surface area contributed by atoms with Crippen LogP contribution in [0.15, 0.2) is 24.4 Å². The molecule has 0 spiro atoms. The third kappa shape index (κ3) is 8.69. The van der Waals surface area contributed by atoms with Crippen LogP contribution in [0.3, 0.4) is 0 Å². The van der Waals surface area contributed by atoms with E-state index in [-0.39, 0.29) is 5.04 Å². The Hall–Kier alpha value is -2.02. The summed E-state index contributed by atoms with van der Waals surface area (Å²) in [4.78, 5) is 16.9. The third-order valence-corrected chi connectivity index (χ3v) is 12.0. The second-order valence-electron chi connectivity index (χ2n) is 11.0. The number of aromatic nitrogens is 3. The molecular formula is C23H40N4O4Si2. The van der Waals surface area contributed by atoms with E-state index < -0.39 is 22.4 Å². The van der Waals surface area contributed by atoms with Gasteiger partial charge in [0, 0.05) is 26.9 Å². The van der Waals surface area contributed by atoms with Crippen molar-refractivity contribution >= 4 is 34.0 Å². The lowest BCUT2D eigenvalue weighted by Gasteiger charge is -2.36. The molecule has 0 unspecified atom stereocenters. The number of nitrogens with zero attached hydrogens (tertiary/aromatic N) is 3. The fourth-order valence-electron chi connectivity index (χ4n) is 2.60. The largest absolute Gasteiger partial charge is 0.465 e. The number of hydrogen-bond acceptors (Lipinski definition) is 7. The predicted molar refractivity (Wildman–Crippen MR) is 137 cm³/mol. The summed E-state index contributed by atoms with van der Waals surface area (Å²) in [6.07, 6.45) is 1.85. The average Bonchev–Trinajstić information content (AvgIpc) is 3.14. The van der Waals surface area contributed by atoms with E-state index in [1.54, 1.807) is 16.8 Å². The molecule has 184 valence electrons. The van der Waals surface area contributed by atoms with Crippen molar-refractivity contribution in [2.45, 2.75) is 77.9 Å². The lowest BCUT2D eigenvalue weighted by Crippen LogP contribution is -2.40. The summed E-state index contributed by atoms with van der Waals surface area (Å²) in [7, 11) is -1.71. The number of rotatable bonds is 11. The van der Waals surface area contributed by atoms with E-state index in [0.29, 0.717) is 36.2 Å². The summed E-state index contributed by atoms with van der Waals surface area (Å²) in [5, 5.41) is 7.76. The highest BCUT2D eigenvalue weighted by Gasteiger charge is 2.37. The zero-order valence-corrected chi connectivity index (χ0v) is 23.6. The molecule has 0 aromatic carbocycles. The van der Waals surface area contributed by atoms with Crippen LogP contribution in [0.2, 0.25) is 43.8 Å². The van der Waals surface area contributed by atoms with Gasteiger partial charge in [-0.1, -0.05) is 40.4 Å². The van der Waals surface area contributed by atoms with Crippen LogP contribution in [0.1, 0.15) is 36.8 Å². The molecular weight excluding hydrogens is 452 g/mol. The smallest absolute Gasteiger partial charge is 0.338 e. The normalized spacial score (nSPS) is 12.6. The summed E-state index contributed by atoms with van der Waals surface area (Å²) < 4.78 is 18.7. The summed E-state index contributed by atoms with van der Waals surface area (Å²) in [5.74, 6) is 0.710. The first-order chi connectivity index (χ1) is 15.2. The molecule has 0 saturated carbocycles. The van der Waals surface area contributed by atoms with Gasteiger partial charge in [-0.05, 0) is 36.3 Å². The molecule has 0 atom stereocenters. The summed E-state index contributed by atoms with van der Waals surface area (Å²) in [6.45, 7) is 19.4. The number of nitrogens with one attached hydrogen (secondary N) is 1. The molecule has 1 N–H and O–H groups in total. The molecule has 0 radical (unpaired) electrons. The van der Waals surface area contributed by atoms with Gasteiger partial charge in [0.05, 0.1) is 25.0 Å². The molecule has 0 aliphatic heterocycles. The monoisotopic (exact) mass is 492 g/mol. The summed E-state index contributed by atoms with van der Waals surface area (Å²) in [6, 6.07) is 6.34. The molecule has 33 heavy (non-hydrogen) atoms. The number of carbonyl (C=O) groups excluding carboxylic acids is 1. The predicted octanol–water partition coefficient (Wildman–Crippen LogP) is 5.64. The van der Waals surface area contributed by atoms with Crippen molar-refractivity contribution in [1.82, 2.24) is 14.8 Å². The van der Waals surface area contributed by atoms with Crippen LogP contribution in [-0.2, 0) is 27.2 Å². The van der Waals surface area contributed by atoms with Gasteiger partial charge < -0.3 is 19.2 Å². The highest BCUT2D eigenvalue weighted by Crippen LogP contribution is 2.37. The molecule has 2 aromatic rings. The molecule has 2 heterocycles. The van der Waals surface area contributed by atoms with E-state index in [4.69, 9.17) is 13.9 Å². The SMILES string of the molecule is COC(=O)c1cc(CO[Si](C)(C)C(C)(C)C)nc(Nc2ccn(COCC[Si](C)(C)C)n2)c1. The molecule has 0 amide bonds. The Bertz CT molecular complexity index is 933. The van der Waals surface area contributed by atoms with E-state index >= 15 is 0 Å². The molecule has 2 aromatic heterocycles. The second kappa shape index (κ2) is 10.9. The van der Waals surface area contributed by atoms with Crippen LogP contribution in [0.25, 0.3) is 0 Å². The highest BCUT2D eigenvalue weighted by atomic mass is 28.4. The third-order valence-electron chi connectivity index (χ3n) is 5.80. The Labute approximate surface area is 200 Å². The van der Waals surface area contributed by atoms with Crippen molar-refractivity contribution in [3.05, 3.63) is 35.7 Å². The number of hydrogen-bond donors (Lipinski definition) is 1. The first kappa shape index (κ1) is 27.2. The fourth-order valence-corrected chi connectivity index (χ4v) is 4.30. The topological polar surface area (TPSA) is 87.5 Å². The Morgan fingerprint density at radius 3 is 2.42 bits per heavy atom. The van der Waals surface area contributed by atoms with Gasteiger partial charge in [-0.15, -0.1) is 0 Å². The van der Waals surface area contributed by atoms with Gasteiger partial charge in [0.15, 0.2) is 14.1 Å². The summed E-state index contributed by atoms with van der Waals surface area (Å²) >= 11 is 0. The van der Waals surface area contributed by atoms with E-state index in [1.165, 1.54) is 7.11 Å². The van der Waals surface area contributed by atoms with Crippen LogP contribution >= 0.6 is 0 Å². The number of ether oxygens (including phenoxy) is 2. The lowest BCUT2D eigenvalue weighted by molar-refractivity contribution is 0.0600. The maximum absolute atomic E-state index is 12.2. The van der Waals surface area contributed by atoms with Gasteiger partial charge in [0.1, 0.15) is 12.5 Å². The molecule has 0 aliphatic rings. The van der Waals surface area contributed by atoms with Crippen molar-refractivity contribution in [3.63, 3.8) is 0 Å². The average molecular weight is 493 g/mol. The summed E-state index contributed by atoms with van der Waals surface area (Å²) in [5.41, 5.74) is 1.08. The maximum atomic E-state index is 12.2. The molecule has 0 saturated heterocycles. The van der Waals surface area contributed by atoms with Crippen molar-refractivity contribution in [2.24, 2.45) is 0 Å². The van der Waals surface area contributed by atoms with Crippen molar-refractivity contribution < 1.29 is 18.7 Å². The van der Waals surface area contributed by atoms with Crippen molar-refractivity contribution in [3.8, 4) is 0 Å². The molecule has 0 bridgehead atoms. The first-order valence-electron chi connectivity index (χ1n) is 11.3. The number of pyridine rings is 1. The number of carbonyl (C=O) groups is 1. The lowest BCUT2D eigenvalue weighted by atomic mass is 10.2. The molecule has 0 aliphatic carbocycles. The van der Waals surface area contributed by atoms with Gasteiger partial charge in [0.2, 0.25) is 0 Å². The Balaban J connectivity index is 2.10. The Morgan fingerprint density at radius 2 is 1.82 bits per heavy atom. The first-order valence-corrected chi connectivity index (χ1v) is 17.9. The Morgan fingerprint density at radius 1 is 1.12 bits per heavy atom. The van der Waals surface area contributed by atoms with E-state index in [1.807, 2.05) is 12.3 Å². The second-order valence-corrected chi connectivity index (χ2v) is 21.4. The molecule has 10 heteroatoms. The quantitative estimate of drug-likeness (QED) is 0.247. The van der Waals surface area contributed by atoms with E-state index in [9.17, 15) is 4.79 Å². The van der Waals surface area contributed by atoms with Gasteiger partial charge in [0.25, 0.3) is 0 Å². The van der Waals surface area contributed by atoms with Crippen LogP contribution in [0, 0.1) is 0 Å². The van der Waals surface area contributed by atoms with Gasteiger partial charge in [-0.2, -0.15) is 5.10 Å². The number of anilines is 2. The minimum atomic E-state index is -1.96. The minimum absolute atomic E-state index is 0.0814. The van der Waals surface area contributed by atoms with Crippen LogP contribution < -0.4 is 5.32 Å². The minimum Gasteiger partial charge on any atom is -0.465 e. The van der Waals surface area contributed by atoms with Crippen LogP contribution in [-0.4, -0.2) is 50.8 Å². The number of methoxy groups -OCH3 is 1. The molecule has 2 rings (SSSR count). The standard InChI is InChI=1S/C23H40N4O4Si2/c1-23(2,3)33(8,9)31-16-19-14-18(22(28)29-4)15-21(24-19)25-20-10-11-27(26-20)17-30-12-13-32(5,6)7/h10-11,14-15H,12-13,16-17H2,1-9H3,(H,24,25,26). The van der Waals surface area contributed by atoms with E-state index in [0.717, 1.165) is 12.7 Å². The van der Waals surface area contributed by atoms with Crippen molar-refractivity contribution in [2.75, 3.05) is 19.0 Å². The van der Waals surface area contributed by atoms with E-state index in [2.05, 4.69) is 68.9 Å². The van der Waals surface area contributed by atoms with Crippen LogP contribution in [0.4, 0.5) is 11.6 Å². The molecule has 8 nitrogen and oxygen atoms in total. The Kier molecular flexibility index (Phi) is 9.03. The zero-order chi connectivity index (χ0) is 24.9. The van der Waals surface area contributed by atoms with Gasteiger partial charge in [-0.3, -0.25) is 0 Å². The zero-order valence-electron chi connectivity index (χ0n) is 21.6. The van der Waals surface area contributed by atoms with Gasteiger partial charge >= 0.3 is 5.97 Å².